The van der Waals surface area contributed by atoms with Crippen molar-refractivity contribution in [2.24, 2.45) is 44.0 Å². The lowest BCUT2D eigenvalue weighted by molar-refractivity contribution is -0.162. The summed E-state index contributed by atoms with van der Waals surface area (Å²) in [6.45, 7) is 36.7. The molecule has 0 rings (SSSR count). The zero-order valence-electron chi connectivity index (χ0n) is 27.1. The summed E-state index contributed by atoms with van der Waals surface area (Å²) in [4.78, 5) is 0. The van der Waals surface area contributed by atoms with Crippen molar-refractivity contribution >= 4 is 0 Å². The molecule has 212 valence electrons. The standard InChI is InChI=1S/C32H68N2O/c1-17-30(16,23-27(10,11)32(34,20-4)21-5)29(14,15)24(35)28(12,13)25(6,7)22-26(8,9)31(33,18-2)19-3/h24,35H,17-23,33-34H2,1-16H3. The van der Waals surface area contributed by atoms with Crippen LogP contribution in [-0.4, -0.2) is 22.3 Å². The Labute approximate surface area is 222 Å². The van der Waals surface area contributed by atoms with E-state index in [1.165, 1.54) is 0 Å². The maximum Gasteiger partial charge on any atom is 0.0652 e. The van der Waals surface area contributed by atoms with E-state index < -0.39 is 6.10 Å². The topological polar surface area (TPSA) is 72.3 Å². The van der Waals surface area contributed by atoms with E-state index in [1.54, 1.807) is 0 Å². The van der Waals surface area contributed by atoms with E-state index >= 15 is 0 Å². The van der Waals surface area contributed by atoms with Crippen molar-refractivity contribution in [2.75, 3.05) is 0 Å². The molecule has 0 aromatic rings. The van der Waals surface area contributed by atoms with Crippen molar-refractivity contribution in [2.45, 2.75) is 173 Å². The number of aliphatic hydroxyl groups is 1. The Morgan fingerprint density at radius 3 is 1.09 bits per heavy atom. The molecule has 0 aliphatic rings. The van der Waals surface area contributed by atoms with Gasteiger partial charge in [-0.25, -0.2) is 0 Å². The summed E-state index contributed by atoms with van der Waals surface area (Å²) in [7, 11) is 0. The molecule has 0 saturated carbocycles. The molecule has 3 heteroatoms. The maximum atomic E-state index is 12.3. The molecule has 0 aromatic heterocycles. The van der Waals surface area contributed by atoms with Gasteiger partial charge in [0.05, 0.1) is 6.10 Å². The summed E-state index contributed by atoms with van der Waals surface area (Å²) >= 11 is 0. The highest BCUT2D eigenvalue weighted by atomic mass is 16.3. The normalized spacial score (nSPS) is 17.9. The van der Waals surface area contributed by atoms with Crippen LogP contribution >= 0.6 is 0 Å². The van der Waals surface area contributed by atoms with Crippen LogP contribution in [0.4, 0.5) is 0 Å². The fourth-order valence-electron chi connectivity index (χ4n) is 7.49. The van der Waals surface area contributed by atoms with Crippen LogP contribution in [0.2, 0.25) is 0 Å². The minimum atomic E-state index is -0.479. The molecule has 0 amide bonds. The predicted molar refractivity (Wildman–Crippen MR) is 158 cm³/mol. The molecule has 0 spiro atoms. The highest BCUT2D eigenvalue weighted by Crippen LogP contribution is 2.60. The van der Waals surface area contributed by atoms with Gasteiger partial charge >= 0.3 is 0 Å². The number of rotatable bonds is 15. The van der Waals surface area contributed by atoms with Crippen molar-refractivity contribution in [3.05, 3.63) is 0 Å². The van der Waals surface area contributed by atoms with Gasteiger partial charge in [-0.2, -0.15) is 0 Å². The van der Waals surface area contributed by atoms with Gasteiger partial charge in [0.25, 0.3) is 0 Å². The summed E-state index contributed by atoms with van der Waals surface area (Å²) in [6, 6.07) is 0. The summed E-state index contributed by atoms with van der Waals surface area (Å²) < 4.78 is 0. The molecular formula is C32H68N2O. The van der Waals surface area contributed by atoms with Gasteiger partial charge in [-0.3, -0.25) is 0 Å². The lowest BCUT2D eigenvalue weighted by atomic mass is 9.47. The van der Waals surface area contributed by atoms with Gasteiger partial charge in [-0.05, 0) is 71.0 Å². The number of hydrogen-bond donors (Lipinski definition) is 3. The Morgan fingerprint density at radius 2 is 0.800 bits per heavy atom. The molecule has 35 heavy (non-hydrogen) atoms. The first-order valence-corrected chi connectivity index (χ1v) is 14.6. The van der Waals surface area contributed by atoms with E-state index in [-0.39, 0.29) is 43.6 Å². The lowest BCUT2D eigenvalue weighted by Gasteiger charge is -2.60. The van der Waals surface area contributed by atoms with Gasteiger partial charge in [0.1, 0.15) is 0 Å². The van der Waals surface area contributed by atoms with Gasteiger partial charge in [0.2, 0.25) is 0 Å². The van der Waals surface area contributed by atoms with Gasteiger partial charge in [-0.1, -0.05) is 117 Å². The average molecular weight is 497 g/mol. The smallest absolute Gasteiger partial charge is 0.0652 e. The Balaban J connectivity index is 6.39. The van der Waals surface area contributed by atoms with Gasteiger partial charge in [-0.15, -0.1) is 0 Å². The Morgan fingerprint density at radius 1 is 0.486 bits per heavy atom. The van der Waals surface area contributed by atoms with Crippen molar-refractivity contribution in [3.8, 4) is 0 Å². The molecule has 0 fully saturated rings. The maximum absolute atomic E-state index is 12.3. The highest BCUT2D eigenvalue weighted by molar-refractivity contribution is 5.08. The molecule has 2 unspecified atom stereocenters. The highest BCUT2D eigenvalue weighted by Gasteiger charge is 2.57. The van der Waals surface area contributed by atoms with Crippen LogP contribution in [0.25, 0.3) is 0 Å². The number of nitrogens with two attached hydrogens (primary N) is 2. The minimum Gasteiger partial charge on any atom is -0.392 e. The Kier molecular flexibility index (Phi) is 10.9. The van der Waals surface area contributed by atoms with Gasteiger partial charge in [0, 0.05) is 11.1 Å². The molecule has 0 bridgehead atoms. The summed E-state index contributed by atoms with van der Waals surface area (Å²) in [5.41, 5.74) is 12.6. The fourth-order valence-corrected chi connectivity index (χ4v) is 7.49. The fraction of sp³-hybridized carbons (Fsp3) is 1.00. The van der Waals surface area contributed by atoms with E-state index in [0.717, 1.165) is 44.9 Å². The monoisotopic (exact) mass is 497 g/mol. The molecule has 0 saturated heterocycles. The van der Waals surface area contributed by atoms with Crippen molar-refractivity contribution in [1.82, 2.24) is 0 Å². The summed E-state index contributed by atoms with van der Waals surface area (Å²) in [6.07, 6.45) is 6.31. The number of hydrogen-bond acceptors (Lipinski definition) is 3. The van der Waals surface area contributed by atoms with E-state index in [9.17, 15) is 5.11 Å². The third kappa shape index (κ3) is 6.14. The molecule has 2 atom stereocenters. The SMILES string of the molecule is CCC(C)(CC(C)(C)C(N)(CC)CC)C(C)(C)C(O)C(C)(C)C(C)(C)CC(C)(C)C(N)(CC)CC. The molecule has 0 radical (unpaired) electrons. The van der Waals surface area contributed by atoms with Crippen LogP contribution in [0.5, 0.6) is 0 Å². The molecule has 0 aliphatic carbocycles. The quantitative estimate of drug-likeness (QED) is 0.212. The van der Waals surface area contributed by atoms with Crippen LogP contribution in [-0.2, 0) is 0 Å². The molecule has 5 N–H and O–H groups in total. The second-order valence-electron chi connectivity index (χ2n) is 15.5. The average Bonchev–Trinajstić information content (AvgIpc) is 2.75. The molecular weight excluding hydrogens is 428 g/mol. The van der Waals surface area contributed by atoms with Gasteiger partial charge in [0.15, 0.2) is 0 Å². The predicted octanol–water partition coefficient (Wildman–Crippen LogP) is 8.71. The zero-order valence-corrected chi connectivity index (χ0v) is 27.1. The molecule has 0 aliphatic heterocycles. The first-order chi connectivity index (χ1) is 15.4. The Hall–Kier alpha value is -0.120. The van der Waals surface area contributed by atoms with Gasteiger partial charge < -0.3 is 16.6 Å². The van der Waals surface area contributed by atoms with Crippen molar-refractivity contribution < 1.29 is 5.11 Å². The lowest BCUT2D eigenvalue weighted by Crippen LogP contribution is -2.60. The van der Waals surface area contributed by atoms with E-state index in [2.05, 4.69) is 111 Å². The van der Waals surface area contributed by atoms with Crippen LogP contribution in [0.3, 0.4) is 0 Å². The Bertz CT molecular complexity index is 665. The third-order valence-electron chi connectivity index (χ3n) is 12.4. The minimum absolute atomic E-state index is 0.0404. The van der Waals surface area contributed by atoms with Crippen LogP contribution in [0.15, 0.2) is 0 Å². The van der Waals surface area contributed by atoms with Crippen LogP contribution < -0.4 is 11.5 Å². The van der Waals surface area contributed by atoms with Crippen LogP contribution in [0.1, 0.15) is 156 Å². The second-order valence-corrected chi connectivity index (χ2v) is 15.5. The second kappa shape index (κ2) is 10.9. The molecule has 0 aromatic carbocycles. The van der Waals surface area contributed by atoms with E-state index in [4.69, 9.17) is 11.5 Å². The largest absolute Gasteiger partial charge is 0.392 e. The summed E-state index contributed by atoms with van der Waals surface area (Å²) in [5.74, 6) is 0. The first kappa shape index (κ1) is 34.9. The van der Waals surface area contributed by atoms with Crippen molar-refractivity contribution in [3.63, 3.8) is 0 Å². The summed E-state index contributed by atoms with van der Waals surface area (Å²) in [5, 5.41) is 12.3. The molecule has 0 heterocycles. The van der Waals surface area contributed by atoms with E-state index in [0.29, 0.717) is 0 Å². The van der Waals surface area contributed by atoms with E-state index in [1.807, 2.05) is 0 Å². The molecule has 3 nitrogen and oxygen atoms in total. The third-order valence-corrected chi connectivity index (χ3v) is 12.4. The zero-order chi connectivity index (χ0) is 28.5. The van der Waals surface area contributed by atoms with Crippen LogP contribution in [0, 0.1) is 32.5 Å². The van der Waals surface area contributed by atoms with Crippen molar-refractivity contribution in [1.29, 1.82) is 0 Å². The number of aliphatic hydroxyl groups excluding tert-OH is 1. The first-order valence-electron chi connectivity index (χ1n) is 14.6.